The van der Waals surface area contributed by atoms with Gasteiger partial charge in [0.1, 0.15) is 12.4 Å². The molecule has 4 aromatic rings. The average molecular weight is 510 g/mol. The third-order valence-corrected chi connectivity index (χ3v) is 7.40. The normalized spacial score (nSPS) is 22.6. The van der Waals surface area contributed by atoms with E-state index in [0.29, 0.717) is 6.42 Å². The van der Waals surface area contributed by atoms with Crippen LogP contribution in [0, 0.1) is 0 Å². The molecule has 1 saturated heterocycles. The minimum Gasteiger partial charge on any atom is -0.391 e. The monoisotopic (exact) mass is 509 g/mol. The van der Waals surface area contributed by atoms with Crippen LogP contribution in [0.1, 0.15) is 32.1 Å². The Morgan fingerprint density at radius 1 is 1.16 bits per heavy atom. The highest BCUT2D eigenvalue weighted by molar-refractivity contribution is 5.81. The van der Waals surface area contributed by atoms with E-state index in [9.17, 15) is 24.6 Å². The summed E-state index contributed by atoms with van der Waals surface area (Å²) < 4.78 is 5.66. The van der Waals surface area contributed by atoms with Crippen LogP contribution >= 0.6 is 0 Å². The molecule has 0 saturated carbocycles. The zero-order valence-corrected chi connectivity index (χ0v) is 21.3. The molecule has 0 bridgehead atoms. The number of carbonyl (C=O) groups excluding carboxylic acids is 1. The number of β-amino-alcohol motifs (C(OH)–C–C–N with tert-alkyl or cyclic N) is 1. The minimum atomic E-state index is -1.47. The molecule has 1 aliphatic rings. The number of para-hydroxylation sites is 2. The lowest BCUT2D eigenvalue weighted by atomic mass is 9.91. The molecular weight excluding hydrogens is 478 g/mol. The number of amides is 1. The number of aromatic nitrogens is 6. The lowest BCUT2D eigenvalue weighted by Gasteiger charge is -2.34. The molecule has 196 valence electrons. The number of benzene rings is 1. The molecule has 1 aromatic carbocycles. The first-order valence-corrected chi connectivity index (χ1v) is 12.3. The van der Waals surface area contributed by atoms with Crippen LogP contribution in [0.2, 0.25) is 0 Å². The summed E-state index contributed by atoms with van der Waals surface area (Å²) in [6.45, 7) is 3.64. The zero-order valence-electron chi connectivity index (χ0n) is 21.3. The predicted molar refractivity (Wildman–Crippen MR) is 136 cm³/mol. The summed E-state index contributed by atoms with van der Waals surface area (Å²) in [6.07, 6.45) is 1.06. The smallest absolute Gasteiger partial charge is 0.332 e. The molecule has 2 N–H and O–H groups in total. The van der Waals surface area contributed by atoms with E-state index >= 15 is 0 Å². The molecule has 37 heavy (non-hydrogen) atoms. The maximum absolute atomic E-state index is 13.6. The number of hydrogen-bond donors (Lipinski definition) is 2. The van der Waals surface area contributed by atoms with Gasteiger partial charge in [-0.25, -0.2) is 14.8 Å². The summed E-state index contributed by atoms with van der Waals surface area (Å²) in [4.78, 5) is 49.5. The second-order valence-electron chi connectivity index (χ2n) is 10.0. The van der Waals surface area contributed by atoms with Crippen molar-refractivity contribution in [1.29, 1.82) is 0 Å². The third-order valence-electron chi connectivity index (χ3n) is 7.40. The number of aryl methyl sites for hydroxylation is 2. The number of aliphatic hydroxyl groups excluding tert-OH is 1. The molecule has 3 aromatic heterocycles. The molecule has 12 nitrogen and oxygen atoms in total. The first-order valence-electron chi connectivity index (χ1n) is 12.3. The molecule has 12 heteroatoms. The Labute approximate surface area is 212 Å². The Morgan fingerprint density at radius 2 is 1.89 bits per heavy atom. The number of nitrogens with zero attached hydrogens (tertiary/aromatic N) is 7. The molecule has 5 rings (SSSR count). The fourth-order valence-electron chi connectivity index (χ4n) is 5.41. The predicted octanol–water partition coefficient (Wildman–Crippen LogP) is -0.0687. The van der Waals surface area contributed by atoms with Crippen LogP contribution in [0.3, 0.4) is 0 Å². The lowest BCUT2D eigenvalue weighted by Crippen LogP contribution is -2.44. The van der Waals surface area contributed by atoms with Gasteiger partial charge in [0.15, 0.2) is 11.2 Å². The number of hydrogen-bond acceptors (Lipinski definition) is 7. The van der Waals surface area contributed by atoms with Gasteiger partial charge in [0, 0.05) is 40.0 Å². The maximum atomic E-state index is 13.6. The van der Waals surface area contributed by atoms with Gasteiger partial charge in [-0.15, -0.1) is 0 Å². The minimum absolute atomic E-state index is 0.0125. The fourth-order valence-corrected chi connectivity index (χ4v) is 5.41. The van der Waals surface area contributed by atoms with Crippen LogP contribution in [-0.2, 0) is 31.9 Å². The topological polar surface area (TPSA) is 140 Å². The number of likely N-dealkylation sites (tertiary alicyclic amines) is 1. The van der Waals surface area contributed by atoms with Crippen molar-refractivity contribution in [2.75, 3.05) is 13.1 Å². The Kier molecular flexibility index (Phi) is 6.03. The largest absolute Gasteiger partial charge is 0.391 e. The van der Waals surface area contributed by atoms with E-state index in [4.69, 9.17) is 0 Å². The highest BCUT2D eigenvalue weighted by atomic mass is 16.3. The molecular formula is C25H31N7O5. The summed E-state index contributed by atoms with van der Waals surface area (Å²) in [5.41, 5.74) is -0.560. The van der Waals surface area contributed by atoms with E-state index < -0.39 is 29.0 Å². The van der Waals surface area contributed by atoms with Crippen molar-refractivity contribution in [3.63, 3.8) is 0 Å². The van der Waals surface area contributed by atoms with Crippen molar-refractivity contribution >= 4 is 28.1 Å². The lowest BCUT2D eigenvalue weighted by molar-refractivity contribution is -0.133. The van der Waals surface area contributed by atoms with Crippen molar-refractivity contribution in [1.82, 2.24) is 33.1 Å². The number of aliphatic hydroxyl groups is 2. The van der Waals surface area contributed by atoms with Crippen LogP contribution in [0.25, 0.3) is 22.2 Å². The summed E-state index contributed by atoms with van der Waals surface area (Å²) >= 11 is 0. The van der Waals surface area contributed by atoms with E-state index in [2.05, 4.69) is 9.97 Å². The van der Waals surface area contributed by atoms with E-state index in [1.807, 2.05) is 35.8 Å². The molecule has 1 amide bonds. The number of carbonyl (C=O) groups is 1. The van der Waals surface area contributed by atoms with Crippen molar-refractivity contribution in [3.05, 3.63) is 57.3 Å². The fraction of sp³-hybridized carbons (Fsp3) is 0.480. The van der Waals surface area contributed by atoms with Crippen molar-refractivity contribution in [2.45, 2.75) is 51.0 Å². The highest BCUT2D eigenvalue weighted by Crippen LogP contribution is 2.33. The van der Waals surface area contributed by atoms with Crippen LogP contribution < -0.4 is 11.2 Å². The molecule has 0 unspecified atom stereocenters. The van der Waals surface area contributed by atoms with Crippen LogP contribution in [0.4, 0.5) is 0 Å². The van der Waals surface area contributed by atoms with E-state index in [1.165, 1.54) is 34.5 Å². The van der Waals surface area contributed by atoms with E-state index in [-0.39, 0.29) is 43.1 Å². The van der Waals surface area contributed by atoms with Crippen molar-refractivity contribution < 1.29 is 15.0 Å². The molecule has 0 spiro atoms. The Hall–Kier alpha value is -3.77. The third kappa shape index (κ3) is 4.05. The molecule has 1 fully saturated rings. The van der Waals surface area contributed by atoms with Gasteiger partial charge in [0.2, 0.25) is 5.91 Å². The van der Waals surface area contributed by atoms with Gasteiger partial charge < -0.3 is 24.2 Å². The molecule has 0 aliphatic carbocycles. The van der Waals surface area contributed by atoms with Crippen LogP contribution in [0.15, 0.2) is 40.2 Å². The Morgan fingerprint density at radius 3 is 2.62 bits per heavy atom. The zero-order chi connectivity index (χ0) is 26.6. The quantitative estimate of drug-likeness (QED) is 0.392. The van der Waals surface area contributed by atoms with E-state index in [1.54, 1.807) is 6.92 Å². The van der Waals surface area contributed by atoms with Gasteiger partial charge in [-0.1, -0.05) is 19.1 Å². The first-order chi connectivity index (χ1) is 17.5. The Bertz CT molecular complexity index is 1630. The number of imidazole rings is 2. The average Bonchev–Trinajstić information content (AvgIpc) is 3.42. The number of rotatable bonds is 4. The van der Waals surface area contributed by atoms with Crippen molar-refractivity contribution in [3.8, 4) is 0 Å². The summed E-state index contributed by atoms with van der Waals surface area (Å²) in [6, 6.07) is 6.81. The van der Waals surface area contributed by atoms with Gasteiger partial charge in [0.25, 0.3) is 5.56 Å². The highest BCUT2D eigenvalue weighted by Gasteiger charge is 2.42. The van der Waals surface area contributed by atoms with Crippen LogP contribution in [0.5, 0.6) is 0 Å². The van der Waals surface area contributed by atoms with Crippen LogP contribution in [-0.4, -0.2) is 74.1 Å². The van der Waals surface area contributed by atoms with Crippen molar-refractivity contribution in [2.24, 2.45) is 14.1 Å². The molecule has 0 radical (unpaired) electrons. The summed E-state index contributed by atoms with van der Waals surface area (Å²) in [7, 11) is 2.90. The second-order valence-corrected chi connectivity index (χ2v) is 10.0. The first kappa shape index (κ1) is 24.9. The standard InChI is InChI=1S/C25H31N7O5/c1-5-19-27-16-8-6-7-9-17(16)31(19)13-20(34)30-11-15(33)10-25(2,37)18(12-30)32-14-26-22-21(32)23(35)29(4)24(36)28(22)3/h6-9,14-15,18,33,37H,5,10-13H2,1-4H3/t15-,18+,25+/m0/s1. The Balaban J connectivity index is 1.56. The van der Waals surface area contributed by atoms with Gasteiger partial charge in [-0.3, -0.25) is 18.7 Å². The van der Waals surface area contributed by atoms with Gasteiger partial charge in [0.05, 0.1) is 35.1 Å². The molecule has 3 atom stereocenters. The molecule has 4 heterocycles. The summed E-state index contributed by atoms with van der Waals surface area (Å²) in [5.74, 6) is 0.530. The van der Waals surface area contributed by atoms with Gasteiger partial charge in [-0.2, -0.15) is 0 Å². The maximum Gasteiger partial charge on any atom is 0.332 e. The number of fused-ring (bicyclic) bond motifs is 2. The van der Waals surface area contributed by atoms with Gasteiger partial charge >= 0.3 is 5.69 Å². The SMILES string of the molecule is CCc1nc2ccccc2n1CC(=O)N1C[C@@H](O)C[C@@](C)(O)[C@H](n2cnc3c2c(=O)n(C)c(=O)n3C)C1. The molecule has 1 aliphatic heterocycles. The van der Waals surface area contributed by atoms with E-state index in [0.717, 1.165) is 21.4 Å². The van der Waals surface area contributed by atoms with Gasteiger partial charge in [-0.05, 0) is 19.1 Å². The summed E-state index contributed by atoms with van der Waals surface area (Å²) in [5, 5.41) is 22.2. The second kappa shape index (κ2) is 8.96.